The molecule has 0 bridgehead atoms. The van der Waals surface area contributed by atoms with E-state index in [9.17, 15) is 0 Å². The molecule has 2 N–H and O–H groups in total. The van der Waals surface area contributed by atoms with Gasteiger partial charge in [0.15, 0.2) is 0 Å². The predicted octanol–water partition coefficient (Wildman–Crippen LogP) is -0.319. The first kappa shape index (κ1) is 9.59. The van der Waals surface area contributed by atoms with Crippen LogP contribution in [-0.2, 0) is 11.4 Å². The molecule has 0 aliphatic carbocycles. The number of hydrogen-bond donors (Lipinski definition) is 2. The first-order chi connectivity index (χ1) is 1.73. The van der Waals surface area contributed by atoms with Crippen molar-refractivity contribution in [2.45, 2.75) is 0 Å². The van der Waals surface area contributed by atoms with Gasteiger partial charge >= 0.3 is 0 Å². The Morgan fingerprint density at radius 3 is 1.40 bits per heavy atom. The zero-order chi connectivity index (χ0) is 3.58. The maximum atomic E-state index is 8.67. The normalized spacial score (nSPS) is 7.00. The Hall–Kier alpha value is 1.33. The summed E-state index contributed by atoms with van der Waals surface area (Å²) in [6, 6.07) is 0. The van der Waals surface area contributed by atoms with E-state index in [2.05, 4.69) is 0 Å². The van der Waals surface area contributed by atoms with E-state index in [1.54, 1.807) is 0 Å². The van der Waals surface area contributed by atoms with Gasteiger partial charge in [-0.1, -0.05) is 0 Å². The predicted molar refractivity (Wildman–Crippen MR) is 13.4 cm³/mol. The van der Waals surface area contributed by atoms with E-state index in [-0.39, 0.29) is 37.7 Å². The van der Waals surface area contributed by atoms with Gasteiger partial charge in [0, 0.05) is 37.7 Å². The van der Waals surface area contributed by atoms with E-state index in [4.69, 9.17) is 13.3 Å². The minimum atomic E-state index is -2.61. The average Bonchev–Trinajstić information content (AvgIpc) is 0.811. The molecule has 37 valence electrons. The molecule has 0 fully saturated rings. The molecule has 0 saturated carbocycles. The van der Waals surface area contributed by atoms with Crippen molar-refractivity contribution in [1.82, 2.24) is 0 Å². The van der Waals surface area contributed by atoms with Crippen LogP contribution < -0.4 is 0 Å². The fraction of sp³-hybridized carbons (Fsp3) is 0. The maximum Gasteiger partial charge on any atom is 0.299 e. The van der Waals surface area contributed by atoms with Gasteiger partial charge in [0.1, 0.15) is 0 Å². The molecule has 3 nitrogen and oxygen atoms in total. The molecule has 0 saturated heterocycles. The van der Waals surface area contributed by atoms with Crippen molar-refractivity contribution in [3.63, 3.8) is 0 Å². The van der Waals surface area contributed by atoms with Crippen molar-refractivity contribution in [2.75, 3.05) is 0 Å². The Kier molecular flexibility index (Phi) is 10.2. The molecule has 0 heterocycles. The van der Waals surface area contributed by atoms with Crippen molar-refractivity contribution in [3.05, 3.63) is 0 Å². The molecule has 0 aliphatic heterocycles. The first-order valence-electron chi connectivity index (χ1n) is 0.532. The summed E-state index contributed by atoms with van der Waals surface area (Å²) in [6.07, 6.45) is 0. The Morgan fingerprint density at radius 1 is 1.40 bits per heavy atom. The van der Waals surface area contributed by atoms with Crippen LogP contribution in [0.4, 0.5) is 0 Å². The summed E-state index contributed by atoms with van der Waals surface area (Å²) in [5.74, 6) is 0. The minimum Gasteiger partial charge on any atom is -0.284 e. The fourth-order valence-corrected chi connectivity index (χ4v) is 0. The van der Waals surface area contributed by atoms with E-state index in [1.807, 2.05) is 0 Å². The van der Waals surface area contributed by atoms with Crippen LogP contribution in [0, 0.1) is 37.7 Å². The van der Waals surface area contributed by atoms with Gasteiger partial charge in [-0.05, 0) is 0 Å². The second-order valence-electron chi connectivity index (χ2n) is 0.231. The first-order valence-corrected chi connectivity index (χ1v) is 1.60. The molecule has 0 unspecified atom stereocenters. The largest absolute Gasteiger partial charge is 0.299 e. The summed E-state index contributed by atoms with van der Waals surface area (Å²) in [5.41, 5.74) is 0. The van der Waals surface area contributed by atoms with Crippen LogP contribution in [0.25, 0.3) is 0 Å². The van der Waals surface area contributed by atoms with Crippen LogP contribution >= 0.6 is 0 Å². The Bertz CT molecular complexity index is 29.9. The van der Waals surface area contributed by atoms with Crippen LogP contribution in [-0.4, -0.2) is 13.3 Å². The number of rotatable bonds is 0. The van der Waals surface area contributed by atoms with E-state index in [0.717, 1.165) is 0 Å². The number of hydrogen-bond acceptors (Lipinski definition) is 1. The quantitative estimate of drug-likeness (QED) is 0.455. The molecule has 0 aliphatic rings. The van der Waals surface area contributed by atoms with Gasteiger partial charge in [-0.15, -0.1) is 0 Å². The Balaban J connectivity index is 0. The van der Waals surface area contributed by atoms with E-state index in [1.165, 1.54) is 0 Å². The van der Waals surface area contributed by atoms with Crippen molar-refractivity contribution in [1.29, 1.82) is 0 Å². The molecule has 0 atom stereocenters. The monoisotopic (exact) mass is 247 g/mol. The van der Waals surface area contributed by atoms with Crippen molar-refractivity contribution < 1.29 is 51.1 Å². The molecular formula is H2HoO3S. The van der Waals surface area contributed by atoms with Crippen LogP contribution in [0.15, 0.2) is 0 Å². The van der Waals surface area contributed by atoms with E-state index in [0.29, 0.717) is 0 Å². The van der Waals surface area contributed by atoms with Crippen molar-refractivity contribution in [2.24, 2.45) is 0 Å². The molecule has 0 aromatic heterocycles. The molecule has 0 aromatic rings. The zero-order valence-corrected chi connectivity index (χ0v) is 4.76. The third kappa shape index (κ3) is 33.4. The average molecular weight is 247 g/mol. The summed E-state index contributed by atoms with van der Waals surface area (Å²) in [5, 5.41) is 0. The van der Waals surface area contributed by atoms with Gasteiger partial charge < -0.3 is 0 Å². The third-order valence-corrected chi connectivity index (χ3v) is 0. The summed E-state index contributed by atoms with van der Waals surface area (Å²) >= 11 is -2.61. The standard InChI is InChI=1S/Ho.H2O3S/c;1-4(2)3/h;(H2,1,2,3). The smallest absolute Gasteiger partial charge is 0.284 e. The minimum absolute atomic E-state index is 0. The van der Waals surface area contributed by atoms with Gasteiger partial charge in [-0.3, -0.25) is 9.11 Å². The van der Waals surface area contributed by atoms with Crippen LogP contribution in [0.5, 0.6) is 0 Å². The van der Waals surface area contributed by atoms with Gasteiger partial charge in [-0.2, -0.15) is 4.21 Å². The molecule has 5 heteroatoms. The van der Waals surface area contributed by atoms with Gasteiger partial charge in [-0.25, -0.2) is 0 Å². The summed E-state index contributed by atoms with van der Waals surface area (Å²) in [7, 11) is 0. The summed E-state index contributed by atoms with van der Waals surface area (Å²) < 4.78 is 22.8. The van der Waals surface area contributed by atoms with Gasteiger partial charge in [0.2, 0.25) is 0 Å². The SMILES string of the molecule is O=S(O)O.[Ho]. The molecule has 1 radical (unpaired) electrons. The second-order valence-corrected chi connectivity index (χ2v) is 0.692. The molecular weight excluding hydrogens is 245 g/mol. The molecule has 0 aromatic carbocycles. The van der Waals surface area contributed by atoms with Crippen LogP contribution in [0.2, 0.25) is 0 Å². The molecule has 0 amide bonds. The van der Waals surface area contributed by atoms with Crippen LogP contribution in [0.1, 0.15) is 0 Å². The molecule has 5 heavy (non-hydrogen) atoms. The van der Waals surface area contributed by atoms with Crippen molar-refractivity contribution >= 4 is 11.4 Å². The molecule has 0 rings (SSSR count). The Labute approximate surface area is 61.9 Å². The summed E-state index contributed by atoms with van der Waals surface area (Å²) in [4.78, 5) is 0. The maximum absolute atomic E-state index is 8.67. The fourth-order valence-electron chi connectivity index (χ4n) is 0. The summed E-state index contributed by atoms with van der Waals surface area (Å²) in [6.45, 7) is 0. The third-order valence-electron chi connectivity index (χ3n) is 0. The molecule has 0 spiro atoms. The van der Waals surface area contributed by atoms with Gasteiger partial charge in [0.05, 0.1) is 0 Å². The van der Waals surface area contributed by atoms with Crippen molar-refractivity contribution in [3.8, 4) is 0 Å². The van der Waals surface area contributed by atoms with E-state index < -0.39 is 11.4 Å². The second kappa shape index (κ2) is 5.33. The topological polar surface area (TPSA) is 57.5 Å². The van der Waals surface area contributed by atoms with E-state index >= 15 is 0 Å². The van der Waals surface area contributed by atoms with Crippen LogP contribution in [0.3, 0.4) is 0 Å². The van der Waals surface area contributed by atoms with Gasteiger partial charge in [0.25, 0.3) is 11.4 Å². The Morgan fingerprint density at radius 2 is 1.40 bits per heavy atom. The zero-order valence-electron chi connectivity index (χ0n) is 2.01.